The molecule has 0 bridgehead atoms. The Morgan fingerprint density at radius 2 is 2.00 bits per heavy atom. The largest absolute Gasteiger partial charge is 0.394 e. The normalized spacial score (nSPS) is 11.3. The number of alkyl halides is 1. The van der Waals surface area contributed by atoms with Crippen LogP contribution in [0.4, 0.5) is 17.2 Å². The monoisotopic (exact) mass is 432 g/mol. The highest BCUT2D eigenvalue weighted by Gasteiger charge is 2.07. The summed E-state index contributed by atoms with van der Waals surface area (Å²) in [6, 6.07) is 7.73. The first-order chi connectivity index (χ1) is 13.1. The second-order valence-electron chi connectivity index (χ2n) is 5.40. The van der Waals surface area contributed by atoms with Crippen molar-refractivity contribution in [3.8, 4) is 0 Å². The highest BCUT2D eigenvalue weighted by molar-refractivity contribution is 9.08. The van der Waals surface area contributed by atoms with E-state index in [2.05, 4.69) is 42.8 Å². The summed E-state index contributed by atoms with van der Waals surface area (Å²) in [5, 5.41) is 21.2. The standard InChI is InChI=1S/C18H22N6O.CH3Br/c1-14-5-7-16(8-6-14)22-23-17-12-21-24(18(17)19)13-15(2)4-3-9-20-10-11-25;1-2/h3-9,12,25H,2,10-11,13,19H2,1H3;1H3/b4-3-,20-9?,23-22?;. The van der Waals surface area contributed by atoms with Crippen LogP contribution in [0, 0.1) is 6.92 Å². The summed E-state index contributed by atoms with van der Waals surface area (Å²) in [5.74, 6) is 2.24. The quantitative estimate of drug-likeness (QED) is 0.280. The van der Waals surface area contributed by atoms with Gasteiger partial charge in [0.05, 0.1) is 31.6 Å². The summed E-state index contributed by atoms with van der Waals surface area (Å²) in [7, 11) is 0. The van der Waals surface area contributed by atoms with Gasteiger partial charge in [0.25, 0.3) is 0 Å². The number of nitrogens with two attached hydrogens (primary N) is 1. The van der Waals surface area contributed by atoms with Gasteiger partial charge in [0, 0.05) is 6.21 Å². The van der Waals surface area contributed by atoms with Crippen molar-refractivity contribution in [3.05, 3.63) is 60.3 Å². The number of rotatable bonds is 8. The van der Waals surface area contributed by atoms with E-state index in [0.29, 0.717) is 24.6 Å². The van der Waals surface area contributed by atoms with Gasteiger partial charge in [-0.3, -0.25) is 4.99 Å². The Kier molecular flexibility index (Phi) is 10.6. The summed E-state index contributed by atoms with van der Waals surface area (Å²) in [6.07, 6.45) is 6.77. The third kappa shape index (κ3) is 8.10. The van der Waals surface area contributed by atoms with Crippen molar-refractivity contribution in [1.29, 1.82) is 0 Å². The van der Waals surface area contributed by atoms with Crippen LogP contribution in [-0.2, 0) is 6.54 Å². The summed E-state index contributed by atoms with van der Waals surface area (Å²) in [5.41, 5.74) is 9.31. The molecule has 1 aromatic carbocycles. The SMILES string of the molecule is C=C(/C=C\C=NCCO)Cn1ncc(N=Nc2ccc(C)cc2)c1N.CBr. The molecule has 0 saturated heterocycles. The van der Waals surface area contributed by atoms with Crippen LogP contribution in [0.1, 0.15) is 5.56 Å². The predicted octanol–water partition coefficient (Wildman–Crippen LogP) is 4.38. The molecule has 0 unspecified atom stereocenters. The Bertz CT molecular complexity index is 793. The first-order valence-electron chi connectivity index (χ1n) is 8.23. The Morgan fingerprint density at radius 3 is 2.67 bits per heavy atom. The number of aromatic nitrogens is 2. The molecule has 1 heterocycles. The lowest BCUT2D eigenvalue weighted by molar-refractivity contribution is 0.307. The zero-order valence-corrected chi connectivity index (χ0v) is 17.2. The lowest BCUT2D eigenvalue weighted by Gasteiger charge is -2.03. The third-order valence-corrected chi connectivity index (χ3v) is 3.27. The second kappa shape index (κ2) is 12.7. The van der Waals surface area contributed by atoms with E-state index < -0.39 is 0 Å². The molecule has 0 amide bonds. The average Bonchev–Trinajstić information content (AvgIpc) is 3.02. The molecular weight excluding hydrogens is 408 g/mol. The van der Waals surface area contributed by atoms with Crippen molar-refractivity contribution in [3.63, 3.8) is 0 Å². The lowest BCUT2D eigenvalue weighted by Crippen LogP contribution is -2.05. The van der Waals surface area contributed by atoms with E-state index in [1.807, 2.05) is 43.1 Å². The van der Waals surface area contributed by atoms with Crippen LogP contribution in [-0.4, -0.2) is 40.1 Å². The molecule has 0 spiro atoms. The fourth-order valence-electron chi connectivity index (χ4n) is 1.93. The number of benzene rings is 1. The second-order valence-corrected chi connectivity index (χ2v) is 5.40. The van der Waals surface area contributed by atoms with E-state index in [-0.39, 0.29) is 6.61 Å². The zero-order valence-electron chi connectivity index (χ0n) is 15.6. The molecule has 0 aliphatic carbocycles. The van der Waals surface area contributed by atoms with E-state index in [1.54, 1.807) is 23.2 Å². The van der Waals surface area contributed by atoms with Gasteiger partial charge in [-0.25, -0.2) is 4.68 Å². The van der Waals surface area contributed by atoms with E-state index in [4.69, 9.17) is 10.8 Å². The number of nitrogen functional groups attached to an aromatic ring is 1. The third-order valence-electron chi connectivity index (χ3n) is 3.27. The number of allylic oxidation sites excluding steroid dienone is 3. The molecule has 144 valence electrons. The molecule has 0 fully saturated rings. The number of aliphatic imine (C=N–C) groups is 1. The predicted molar refractivity (Wildman–Crippen MR) is 116 cm³/mol. The van der Waals surface area contributed by atoms with Crippen molar-refractivity contribution in [2.45, 2.75) is 13.5 Å². The van der Waals surface area contributed by atoms with E-state index in [0.717, 1.165) is 11.3 Å². The Labute approximate surface area is 168 Å². The van der Waals surface area contributed by atoms with Gasteiger partial charge in [-0.1, -0.05) is 46.3 Å². The van der Waals surface area contributed by atoms with Gasteiger partial charge < -0.3 is 10.8 Å². The molecule has 7 nitrogen and oxygen atoms in total. The highest BCUT2D eigenvalue weighted by Crippen LogP contribution is 2.24. The van der Waals surface area contributed by atoms with Crippen molar-refractivity contribution >= 4 is 39.3 Å². The molecule has 0 aliphatic rings. The summed E-state index contributed by atoms with van der Waals surface area (Å²) < 4.78 is 1.61. The first kappa shape index (κ1) is 22.5. The molecule has 3 N–H and O–H groups in total. The molecular formula is C19H25BrN6O. The van der Waals surface area contributed by atoms with Crippen molar-refractivity contribution < 1.29 is 5.11 Å². The van der Waals surface area contributed by atoms with E-state index >= 15 is 0 Å². The minimum Gasteiger partial charge on any atom is -0.394 e. The van der Waals surface area contributed by atoms with Crippen LogP contribution in [0.15, 0.2) is 70.0 Å². The number of anilines is 1. The molecule has 0 saturated carbocycles. The minimum absolute atomic E-state index is 0.0367. The zero-order chi connectivity index (χ0) is 20.1. The van der Waals surface area contributed by atoms with Gasteiger partial charge in [-0.05, 0) is 36.5 Å². The van der Waals surface area contributed by atoms with Gasteiger partial charge >= 0.3 is 0 Å². The molecule has 2 aromatic rings. The fourth-order valence-corrected chi connectivity index (χ4v) is 1.93. The highest BCUT2D eigenvalue weighted by atomic mass is 79.9. The molecule has 0 atom stereocenters. The smallest absolute Gasteiger partial charge is 0.150 e. The Morgan fingerprint density at radius 1 is 1.30 bits per heavy atom. The van der Waals surface area contributed by atoms with Gasteiger partial charge in [-0.2, -0.15) is 10.2 Å². The fraction of sp³-hybridized carbons (Fsp3) is 0.263. The molecule has 0 radical (unpaired) electrons. The molecule has 8 heteroatoms. The summed E-state index contributed by atoms with van der Waals surface area (Å²) >= 11 is 2.94. The molecule has 1 aromatic heterocycles. The van der Waals surface area contributed by atoms with Crippen molar-refractivity contribution in [1.82, 2.24) is 9.78 Å². The van der Waals surface area contributed by atoms with Gasteiger partial charge in [0.15, 0.2) is 0 Å². The topological polar surface area (TPSA) is 101 Å². The number of halogens is 1. The van der Waals surface area contributed by atoms with Crippen molar-refractivity contribution in [2.75, 3.05) is 24.7 Å². The maximum absolute atomic E-state index is 8.63. The lowest BCUT2D eigenvalue weighted by atomic mass is 10.2. The number of hydrogen-bond donors (Lipinski definition) is 2. The van der Waals surface area contributed by atoms with Crippen LogP contribution >= 0.6 is 15.9 Å². The number of aryl methyl sites for hydroxylation is 1. The first-order valence-corrected chi connectivity index (χ1v) is 9.81. The molecule has 27 heavy (non-hydrogen) atoms. The molecule has 2 rings (SSSR count). The molecule has 0 aliphatic heterocycles. The number of hydrogen-bond acceptors (Lipinski definition) is 6. The van der Waals surface area contributed by atoms with Crippen LogP contribution in [0.3, 0.4) is 0 Å². The Balaban J connectivity index is 0.00000176. The maximum Gasteiger partial charge on any atom is 0.150 e. The number of aliphatic hydroxyl groups excluding tert-OH is 1. The van der Waals surface area contributed by atoms with E-state index in [9.17, 15) is 0 Å². The Hall–Kier alpha value is -2.58. The van der Waals surface area contributed by atoms with Gasteiger partial charge in [-0.15, -0.1) is 5.11 Å². The number of aliphatic hydroxyl groups is 1. The van der Waals surface area contributed by atoms with Crippen LogP contribution in [0.25, 0.3) is 0 Å². The van der Waals surface area contributed by atoms with Gasteiger partial charge in [0.1, 0.15) is 11.5 Å². The summed E-state index contributed by atoms with van der Waals surface area (Å²) in [6.45, 7) is 6.83. The van der Waals surface area contributed by atoms with E-state index in [1.165, 1.54) is 5.56 Å². The number of azo groups is 1. The van der Waals surface area contributed by atoms with Crippen LogP contribution in [0.5, 0.6) is 0 Å². The van der Waals surface area contributed by atoms with Gasteiger partial charge in [0.2, 0.25) is 0 Å². The minimum atomic E-state index is 0.0367. The van der Waals surface area contributed by atoms with Crippen molar-refractivity contribution in [2.24, 2.45) is 15.2 Å². The van der Waals surface area contributed by atoms with Crippen LogP contribution in [0.2, 0.25) is 0 Å². The summed E-state index contributed by atoms with van der Waals surface area (Å²) in [4.78, 5) is 3.97. The van der Waals surface area contributed by atoms with Crippen LogP contribution < -0.4 is 5.73 Å². The maximum atomic E-state index is 8.63. The average molecular weight is 433 g/mol. The number of nitrogens with zero attached hydrogens (tertiary/aromatic N) is 5.